The Balaban J connectivity index is 1.54. The summed E-state index contributed by atoms with van der Waals surface area (Å²) < 4.78 is 5.44. The maximum atomic E-state index is 13.4. The van der Waals surface area contributed by atoms with Crippen LogP contribution in [-0.2, 0) is 20.8 Å². The maximum absolute atomic E-state index is 13.4. The van der Waals surface area contributed by atoms with Crippen molar-refractivity contribution < 1.29 is 38.8 Å². The molecule has 1 saturated heterocycles. The second-order valence-corrected chi connectivity index (χ2v) is 9.06. The summed E-state index contributed by atoms with van der Waals surface area (Å²) in [5.74, 6) is -4.63. The van der Waals surface area contributed by atoms with Crippen LogP contribution in [0.3, 0.4) is 0 Å². The summed E-state index contributed by atoms with van der Waals surface area (Å²) in [7, 11) is -1.55. The van der Waals surface area contributed by atoms with E-state index < -0.39 is 48.8 Å². The van der Waals surface area contributed by atoms with Crippen LogP contribution in [0.1, 0.15) is 40.0 Å². The average molecular weight is 522 g/mol. The number of imide groups is 1. The van der Waals surface area contributed by atoms with Crippen LogP contribution in [0.5, 0.6) is 5.75 Å². The van der Waals surface area contributed by atoms with Crippen molar-refractivity contribution in [2.24, 2.45) is 0 Å². The lowest BCUT2D eigenvalue weighted by molar-refractivity contribution is -0.153. The lowest BCUT2D eigenvalue weighted by Gasteiger charge is -2.33. The number of piperazine rings is 1. The fourth-order valence-corrected chi connectivity index (χ4v) is 4.41. The second-order valence-electron chi connectivity index (χ2n) is 9.06. The van der Waals surface area contributed by atoms with Crippen molar-refractivity contribution in [3.63, 3.8) is 0 Å². The Morgan fingerprint density at radius 1 is 1.11 bits per heavy atom. The van der Waals surface area contributed by atoms with Crippen molar-refractivity contribution in [1.29, 1.82) is 0 Å². The summed E-state index contributed by atoms with van der Waals surface area (Å²) in [6.07, 6.45) is 0.0733. The summed E-state index contributed by atoms with van der Waals surface area (Å²) in [5, 5.41) is 25.1. The van der Waals surface area contributed by atoms with Gasteiger partial charge in [0, 0.05) is 19.6 Å². The normalized spacial score (nSPS) is 17.9. The maximum Gasteiger partial charge on any atom is 0.547 e. The van der Waals surface area contributed by atoms with Gasteiger partial charge >= 0.3 is 30.9 Å². The van der Waals surface area contributed by atoms with E-state index in [2.05, 4.69) is 10.6 Å². The number of hydrogen-bond donors (Lipinski definition) is 4. The number of aryl methyl sites for hydroxylation is 1. The molecule has 2 aromatic carbocycles. The van der Waals surface area contributed by atoms with E-state index in [1.165, 1.54) is 17.0 Å². The highest BCUT2D eigenvalue weighted by atomic mass is 16.5. The lowest BCUT2D eigenvalue weighted by atomic mass is 9.72. The molecular formula is C25H27BN4O8. The molecule has 198 valence electrons. The Hall–Kier alpha value is -4.39. The van der Waals surface area contributed by atoms with Gasteiger partial charge in [-0.05, 0) is 37.5 Å². The van der Waals surface area contributed by atoms with Gasteiger partial charge in [0.2, 0.25) is 5.91 Å². The van der Waals surface area contributed by atoms with Crippen LogP contribution in [0.15, 0.2) is 42.5 Å². The number of hydrogen-bond acceptors (Lipinski definition) is 7. The van der Waals surface area contributed by atoms with E-state index in [-0.39, 0.29) is 30.8 Å². The smallest absolute Gasteiger partial charge is 0.534 e. The molecule has 4 N–H and O–H groups in total. The first-order chi connectivity index (χ1) is 18.1. The highest BCUT2D eigenvalue weighted by Gasteiger charge is 2.40. The average Bonchev–Trinajstić information content (AvgIpc) is 2.89. The van der Waals surface area contributed by atoms with E-state index in [9.17, 15) is 34.1 Å². The van der Waals surface area contributed by atoms with Gasteiger partial charge in [0.25, 0.3) is 0 Å². The summed E-state index contributed by atoms with van der Waals surface area (Å²) in [6, 6.07) is 9.12. The first-order valence-corrected chi connectivity index (χ1v) is 12.1. The van der Waals surface area contributed by atoms with Gasteiger partial charge in [-0.2, -0.15) is 0 Å². The molecule has 2 aliphatic rings. The van der Waals surface area contributed by atoms with Gasteiger partial charge in [0.1, 0.15) is 11.8 Å². The number of fused-ring (bicyclic) bond motifs is 1. The molecule has 4 rings (SSSR count). The Morgan fingerprint density at radius 2 is 1.82 bits per heavy atom. The van der Waals surface area contributed by atoms with Gasteiger partial charge in [0.15, 0.2) is 0 Å². The third kappa shape index (κ3) is 5.32. The zero-order chi connectivity index (χ0) is 27.6. The molecule has 1 unspecified atom stereocenters. The minimum Gasteiger partial charge on any atom is -0.534 e. The van der Waals surface area contributed by atoms with Crippen LogP contribution >= 0.6 is 0 Å². The van der Waals surface area contributed by atoms with Gasteiger partial charge < -0.3 is 30.3 Å². The molecule has 0 spiro atoms. The second kappa shape index (κ2) is 10.9. The minimum atomic E-state index is -1.55. The van der Waals surface area contributed by atoms with Gasteiger partial charge in [-0.25, -0.2) is 9.59 Å². The topological polar surface area (TPSA) is 166 Å². The number of likely N-dealkylation sites (N-methyl/N-ethyl adjacent to an activating group) is 1. The van der Waals surface area contributed by atoms with Crippen molar-refractivity contribution in [3.8, 4) is 5.75 Å². The van der Waals surface area contributed by atoms with Crippen LogP contribution in [0.4, 0.5) is 4.79 Å². The highest BCUT2D eigenvalue weighted by Crippen LogP contribution is 2.30. The number of aromatic carboxylic acids is 1. The van der Waals surface area contributed by atoms with Crippen molar-refractivity contribution in [2.45, 2.75) is 32.3 Å². The Morgan fingerprint density at radius 3 is 2.47 bits per heavy atom. The molecule has 0 radical (unpaired) electrons. The van der Waals surface area contributed by atoms with Gasteiger partial charge in [-0.3, -0.25) is 19.3 Å². The van der Waals surface area contributed by atoms with Crippen LogP contribution < -0.4 is 15.3 Å². The first kappa shape index (κ1) is 26.7. The van der Waals surface area contributed by atoms with Gasteiger partial charge in [0.05, 0.1) is 11.5 Å². The number of nitrogens with one attached hydrogen (secondary N) is 2. The molecule has 0 bridgehead atoms. The number of urea groups is 1. The molecule has 0 saturated carbocycles. The molecule has 38 heavy (non-hydrogen) atoms. The first-order valence-electron chi connectivity index (χ1n) is 12.1. The number of carbonyl (C=O) groups excluding carboxylic acids is 4. The largest absolute Gasteiger partial charge is 0.547 e. The van der Waals surface area contributed by atoms with Crippen LogP contribution in [-0.4, -0.2) is 82.3 Å². The quantitative estimate of drug-likeness (QED) is 0.310. The van der Waals surface area contributed by atoms with Gasteiger partial charge in [-0.1, -0.05) is 42.0 Å². The van der Waals surface area contributed by atoms with E-state index in [0.717, 1.165) is 10.5 Å². The van der Waals surface area contributed by atoms with E-state index in [0.29, 0.717) is 17.7 Å². The molecule has 0 aliphatic carbocycles. The predicted molar refractivity (Wildman–Crippen MR) is 134 cm³/mol. The lowest BCUT2D eigenvalue weighted by Crippen LogP contribution is -2.60. The van der Waals surface area contributed by atoms with Crippen LogP contribution in [0.25, 0.3) is 0 Å². The van der Waals surface area contributed by atoms with Crippen molar-refractivity contribution in [1.82, 2.24) is 20.4 Å². The molecule has 2 aliphatic heterocycles. The number of rotatable bonds is 6. The van der Waals surface area contributed by atoms with Crippen molar-refractivity contribution in [3.05, 3.63) is 64.7 Å². The monoisotopic (exact) mass is 522 g/mol. The number of carboxylic acids is 1. The summed E-state index contributed by atoms with van der Waals surface area (Å²) in [4.78, 5) is 64.8. The third-order valence-corrected chi connectivity index (χ3v) is 6.55. The van der Waals surface area contributed by atoms with E-state index >= 15 is 0 Å². The Labute approximate surface area is 218 Å². The third-order valence-electron chi connectivity index (χ3n) is 6.55. The van der Waals surface area contributed by atoms with Gasteiger partial charge in [-0.15, -0.1) is 0 Å². The van der Waals surface area contributed by atoms with E-state index in [1.54, 1.807) is 37.3 Å². The molecule has 5 amide bonds. The molecule has 0 aromatic heterocycles. The summed E-state index contributed by atoms with van der Waals surface area (Å²) in [5.41, 5.74) is 1.69. The molecule has 2 atom stereocenters. The fourth-order valence-electron chi connectivity index (χ4n) is 4.41. The molecule has 12 nitrogen and oxygen atoms in total. The highest BCUT2D eigenvalue weighted by molar-refractivity contribution is 6.47. The number of nitrogens with zero attached hydrogens (tertiary/aromatic N) is 2. The minimum absolute atomic E-state index is 0.0235. The molecule has 1 fully saturated rings. The number of carbonyl (C=O) groups is 5. The molecular weight excluding hydrogens is 495 g/mol. The molecule has 2 aromatic rings. The van der Waals surface area contributed by atoms with Crippen molar-refractivity contribution >= 4 is 36.8 Å². The van der Waals surface area contributed by atoms with Crippen LogP contribution in [0, 0.1) is 6.92 Å². The van der Waals surface area contributed by atoms with E-state index in [4.69, 9.17) is 4.65 Å². The molecule has 2 heterocycles. The number of benzene rings is 2. The number of amides is 5. The van der Waals surface area contributed by atoms with Crippen molar-refractivity contribution in [2.75, 3.05) is 19.6 Å². The SMILES string of the molecule is CCN1CCN(C(=O)NC(C(=O)N[C@H]2Cc3cccc(C(=O)O)c3OB2O)c2ccc(C)cc2)C(=O)C1=O. The number of para-hydroxylation sites is 1. The number of carboxylic acid groups (broad SMARTS) is 1. The van der Waals surface area contributed by atoms with Crippen LogP contribution in [0.2, 0.25) is 0 Å². The fraction of sp³-hybridized carbons (Fsp3) is 0.320. The zero-order valence-electron chi connectivity index (χ0n) is 20.8. The zero-order valence-corrected chi connectivity index (χ0v) is 20.8. The van der Waals surface area contributed by atoms with E-state index in [1.807, 2.05) is 6.92 Å². The Bertz CT molecular complexity index is 1280. The summed E-state index contributed by atoms with van der Waals surface area (Å²) in [6.45, 7) is 4.07. The predicted octanol–water partition coefficient (Wildman–Crippen LogP) is 0.274. The molecule has 13 heteroatoms. The standard InChI is InChI=1S/C25H27BN4O8/c1-3-29-11-12-30(23(33)22(29)32)25(36)28-19(15-9-7-14(2)8-10-15)21(31)27-18-13-16-5-4-6-17(24(34)35)20(16)38-26(18)37/h4-10,18-19,37H,3,11-13H2,1-2H3,(H,27,31)(H,28,36)(H,34,35)/t18-,19?/m0/s1. The summed E-state index contributed by atoms with van der Waals surface area (Å²) >= 11 is 0. The Kier molecular flexibility index (Phi) is 7.67.